The van der Waals surface area contributed by atoms with Gasteiger partial charge in [-0.1, -0.05) is 0 Å². The Kier molecular flexibility index (Phi) is 3.62. The van der Waals surface area contributed by atoms with Gasteiger partial charge in [-0.3, -0.25) is 4.79 Å². The molecular weight excluding hydrogens is 248 g/mol. The molecule has 0 saturated carbocycles. The molecule has 2 rings (SSSR count). The lowest BCUT2D eigenvalue weighted by atomic mass is 10.1. The van der Waals surface area contributed by atoms with Crippen molar-refractivity contribution in [1.82, 2.24) is 4.90 Å². The molecule has 1 aromatic rings. The fraction of sp³-hybridized carbons (Fsp3) is 0.417. The molecule has 1 unspecified atom stereocenters. The van der Waals surface area contributed by atoms with Gasteiger partial charge in [0.2, 0.25) is 0 Å². The van der Waals surface area contributed by atoms with E-state index in [0.29, 0.717) is 19.0 Å². The first-order valence-corrected chi connectivity index (χ1v) is 5.95. The molecule has 0 aromatic heterocycles. The zero-order chi connectivity index (χ0) is 12.4. The van der Waals surface area contributed by atoms with E-state index in [1.165, 1.54) is 0 Å². The highest BCUT2D eigenvalue weighted by Gasteiger charge is 2.26. The SMILES string of the molecule is O=C(c1cc(F)cc(F)c1)N1CCC(CCl)C1. The lowest BCUT2D eigenvalue weighted by Gasteiger charge is -2.16. The van der Waals surface area contributed by atoms with Crippen molar-refractivity contribution in [2.45, 2.75) is 6.42 Å². The molecule has 1 heterocycles. The monoisotopic (exact) mass is 259 g/mol. The Bertz CT molecular complexity index is 418. The summed E-state index contributed by atoms with van der Waals surface area (Å²) in [6, 6.07) is 2.86. The molecule has 0 aliphatic carbocycles. The predicted molar refractivity (Wildman–Crippen MR) is 61.1 cm³/mol. The Morgan fingerprint density at radius 2 is 2.00 bits per heavy atom. The lowest BCUT2D eigenvalue weighted by Crippen LogP contribution is -2.29. The molecule has 1 aromatic carbocycles. The van der Waals surface area contributed by atoms with Gasteiger partial charge in [0.25, 0.3) is 5.91 Å². The minimum Gasteiger partial charge on any atom is -0.338 e. The van der Waals surface area contributed by atoms with E-state index in [1.54, 1.807) is 4.90 Å². The summed E-state index contributed by atoms with van der Waals surface area (Å²) < 4.78 is 26.0. The van der Waals surface area contributed by atoms with Gasteiger partial charge in [0.15, 0.2) is 0 Å². The molecule has 17 heavy (non-hydrogen) atoms. The first kappa shape index (κ1) is 12.3. The quantitative estimate of drug-likeness (QED) is 0.748. The molecule has 1 fully saturated rings. The highest BCUT2D eigenvalue weighted by Crippen LogP contribution is 2.20. The van der Waals surface area contributed by atoms with E-state index in [4.69, 9.17) is 11.6 Å². The zero-order valence-electron chi connectivity index (χ0n) is 9.13. The van der Waals surface area contributed by atoms with Gasteiger partial charge < -0.3 is 4.90 Å². The number of alkyl halides is 1. The van der Waals surface area contributed by atoms with Crippen molar-refractivity contribution < 1.29 is 13.6 Å². The predicted octanol–water partition coefficient (Wildman–Crippen LogP) is 2.67. The summed E-state index contributed by atoms with van der Waals surface area (Å²) in [6.07, 6.45) is 0.840. The number of amides is 1. The van der Waals surface area contributed by atoms with E-state index in [-0.39, 0.29) is 17.4 Å². The van der Waals surface area contributed by atoms with Crippen LogP contribution in [0.4, 0.5) is 8.78 Å². The van der Waals surface area contributed by atoms with Crippen LogP contribution in [0.25, 0.3) is 0 Å². The smallest absolute Gasteiger partial charge is 0.254 e. The van der Waals surface area contributed by atoms with Gasteiger partial charge in [-0.2, -0.15) is 0 Å². The molecule has 0 bridgehead atoms. The number of nitrogens with zero attached hydrogens (tertiary/aromatic N) is 1. The van der Waals surface area contributed by atoms with Crippen molar-refractivity contribution >= 4 is 17.5 Å². The minimum absolute atomic E-state index is 0.0534. The van der Waals surface area contributed by atoms with E-state index < -0.39 is 11.6 Å². The standard InChI is InChI=1S/C12H12ClF2NO/c13-6-8-1-2-16(7-8)12(17)9-3-10(14)5-11(15)4-9/h3-5,8H,1-2,6-7H2. The maximum absolute atomic E-state index is 13.0. The van der Waals surface area contributed by atoms with Crippen molar-refractivity contribution in [3.8, 4) is 0 Å². The second-order valence-corrected chi connectivity index (χ2v) is 4.53. The number of rotatable bonds is 2. The molecule has 0 N–H and O–H groups in total. The van der Waals surface area contributed by atoms with E-state index in [9.17, 15) is 13.6 Å². The fourth-order valence-electron chi connectivity index (χ4n) is 2.00. The highest BCUT2D eigenvalue weighted by atomic mass is 35.5. The summed E-state index contributed by atoms with van der Waals surface area (Å²) in [5, 5.41) is 0. The fourth-order valence-corrected chi connectivity index (χ4v) is 2.25. The maximum atomic E-state index is 13.0. The van der Waals surface area contributed by atoms with E-state index in [2.05, 4.69) is 0 Å². The largest absolute Gasteiger partial charge is 0.338 e. The lowest BCUT2D eigenvalue weighted by molar-refractivity contribution is 0.0787. The minimum atomic E-state index is -0.735. The van der Waals surface area contributed by atoms with Crippen molar-refractivity contribution in [3.05, 3.63) is 35.4 Å². The maximum Gasteiger partial charge on any atom is 0.254 e. The number of hydrogen-bond acceptors (Lipinski definition) is 1. The second kappa shape index (κ2) is 5.00. The molecule has 1 aliphatic rings. The zero-order valence-corrected chi connectivity index (χ0v) is 9.88. The molecule has 1 aliphatic heterocycles. The van der Waals surface area contributed by atoms with Crippen LogP contribution in [-0.4, -0.2) is 29.8 Å². The van der Waals surface area contributed by atoms with Crippen LogP contribution in [0.2, 0.25) is 0 Å². The molecule has 5 heteroatoms. The van der Waals surface area contributed by atoms with E-state index >= 15 is 0 Å². The average Bonchev–Trinajstić information content (AvgIpc) is 2.75. The third-order valence-electron chi connectivity index (χ3n) is 2.90. The van der Waals surface area contributed by atoms with Gasteiger partial charge in [-0.15, -0.1) is 11.6 Å². The summed E-state index contributed by atoms with van der Waals surface area (Å²) in [7, 11) is 0. The third-order valence-corrected chi connectivity index (χ3v) is 3.34. The number of hydrogen-bond donors (Lipinski definition) is 0. The topological polar surface area (TPSA) is 20.3 Å². The van der Waals surface area contributed by atoms with Gasteiger partial charge in [-0.05, 0) is 24.5 Å². The van der Waals surface area contributed by atoms with Gasteiger partial charge >= 0.3 is 0 Å². The summed E-state index contributed by atoms with van der Waals surface area (Å²) in [5.74, 6) is -1.03. The summed E-state index contributed by atoms with van der Waals surface area (Å²) in [5.41, 5.74) is 0.0534. The summed E-state index contributed by atoms with van der Waals surface area (Å²) in [4.78, 5) is 13.5. The first-order chi connectivity index (χ1) is 8.10. The van der Waals surface area contributed by atoms with Crippen LogP contribution in [0.3, 0.4) is 0 Å². The highest BCUT2D eigenvalue weighted by molar-refractivity contribution is 6.18. The van der Waals surface area contributed by atoms with Gasteiger partial charge in [0, 0.05) is 30.6 Å². The first-order valence-electron chi connectivity index (χ1n) is 5.41. The Morgan fingerprint density at radius 1 is 1.35 bits per heavy atom. The Hall–Kier alpha value is -1.16. The van der Waals surface area contributed by atoms with E-state index in [0.717, 1.165) is 24.6 Å². The van der Waals surface area contributed by atoms with Crippen molar-refractivity contribution in [3.63, 3.8) is 0 Å². The van der Waals surface area contributed by atoms with Crippen LogP contribution in [0.15, 0.2) is 18.2 Å². The van der Waals surface area contributed by atoms with Crippen LogP contribution >= 0.6 is 11.6 Å². The van der Waals surface area contributed by atoms with Gasteiger partial charge in [-0.25, -0.2) is 8.78 Å². The number of benzene rings is 1. The summed E-state index contributed by atoms with van der Waals surface area (Å²) >= 11 is 5.72. The Labute approximate surface area is 103 Å². The molecule has 1 amide bonds. The molecule has 0 radical (unpaired) electrons. The molecule has 92 valence electrons. The van der Waals surface area contributed by atoms with Crippen molar-refractivity contribution in [1.29, 1.82) is 0 Å². The molecule has 1 saturated heterocycles. The van der Waals surface area contributed by atoms with Crippen LogP contribution in [0.1, 0.15) is 16.8 Å². The average molecular weight is 260 g/mol. The third kappa shape index (κ3) is 2.75. The van der Waals surface area contributed by atoms with E-state index in [1.807, 2.05) is 0 Å². The number of carbonyl (C=O) groups excluding carboxylic acids is 1. The van der Waals surface area contributed by atoms with Crippen LogP contribution in [0, 0.1) is 17.6 Å². The van der Waals surface area contributed by atoms with Crippen LogP contribution in [-0.2, 0) is 0 Å². The Balaban J connectivity index is 2.14. The molecule has 1 atom stereocenters. The number of carbonyl (C=O) groups is 1. The second-order valence-electron chi connectivity index (χ2n) is 4.22. The van der Waals surface area contributed by atoms with Gasteiger partial charge in [0.1, 0.15) is 11.6 Å². The number of likely N-dealkylation sites (tertiary alicyclic amines) is 1. The normalized spacial score (nSPS) is 19.7. The van der Waals surface area contributed by atoms with Crippen LogP contribution < -0.4 is 0 Å². The van der Waals surface area contributed by atoms with Crippen molar-refractivity contribution in [2.75, 3.05) is 19.0 Å². The van der Waals surface area contributed by atoms with Gasteiger partial charge in [0.05, 0.1) is 0 Å². The molecular formula is C12H12ClF2NO. The Morgan fingerprint density at radius 3 is 2.53 bits per heavy atom. The molecule has 0 spiro atoms. The molecule has 2 nitrogen and oxygen atoms in total. The van der Waals surface area contributed by atoms with Crippen LogP contribution in [0.5, 0.6) is 0 Å². The van der Waals surface area contributed by atoms with Crippen molar-refractivity contribution in [2.24, 2.45) is 5.92 Å². The number of halogens is 3. The summed E-state index contributed by atoms with van der Waals surface area (Å²) in [6.45, 7) is 1.15.